The van der Waals surface area contributed by atoms with E-state index >= 15 is 0 Å². The second kappa shape index (κ2) is 3.66. The molecule has 0 spiro atoms. The average molecular weight is 272 g/mol. The minimum Gasteiger partial charge on any atom is -0.292 e. The van der Waals surface area contributed by atoms with Crippen molar-refractivity contribution in [1.82, 2.24) is 0 Å². The van der Waals surface area contributed by atoms with E-state index in [-0.39, 0.29) is 11.7 Å². The van der Waals surface area contributed by atoms with Crippen LogP contribution in [0.15, 0.2) is 0 Å². The maximum Gasteiger partial charge on any atom is 0.270 e. The number of rotatable bonds is 1. The minimum absolute atomic E-state index is 0.199. The van der Waals surface area contributed by atoms with E-state index in [0.717, 1.165) is 0 Å². The van der Waals surface area contributed by atoms with Gasteiger partial charge in [-0.05, 0) is 11.8 Å². The topological polar surface area (TPSA) is 69.7 Å². The largest absolute Gasteiger partial charge is 0.292 e. The molecule has 8 heteroatoms. The molecular formula is C8H13FO5S2. The molecule has 2 fully saturated rings. The molecule has 5 nitrogen and oxygen atoms in total. The monoisotopic (exact) mass is 272 g/mol. The lowest BCUT2D eigenvalue weighted by atomic mass is 9.99. The molecule has 16 heavy (non-hydrogen) atoms. The lowest BCUT2D eigenvalue weighted by Crippen LogP contribution is -2.36. The predicted octanol–water partition coefficient (Wildman–Crippen LogP) is -0.281. The summed E-state index contributed by atoms with van der Waals surface area (Å²) < 4.78 is 56.9. The lowest BCUT2D eigenvalue weighted by Gasteiger charge is -2.19. The summed E-state index contributed by atoms with van der Waals surface area (Å²) >= 11 is 0. The zero-order valence-corrected chi connectivity index (χ0v) is 10.3. The molecule has 0 aromatic rings. The third kappa shape index (κ3) is 2.24. The van der Waals surface area contributed by atoms with E-state index in [1.54, 1.807) is 6.92 Å². The van der Waals surface area contributed by atoms with E-state index in [9.17, 15) is 17.0 Å². The molecule has 0 amide bonds. The van der Waals surface area contributed by atoms with Crippen molar-refractivity contribution in [1.29, 1.82) is 0 Å². The second-order valence-corrected chi connectivity index (χ2v) is 7.90. The van der Waals surface area contributed by atoms with Gasteiger partial charge in [0.15, 0.2) is 0 Å². The highest BCUT2D eigenvalue weighted by molar-refractivity contribution is 7.96. The molecule has 0 aromatic heterocycles. The van der Waals surface area contributed by atoms with Crippen molar-refractivity contribution in [3.8, 4) is 0 Å². The second-order valence-electron chi connectivity index (χ2n) is 4.25. The van der Waals surface area contributed by atoms with Crippen molar-refractivity contribution < 1.29 is 25.4 Å². The van der Waals surface area contributed by atoms with Crippen LogP contribution in [0.5, 0.6) is 0 Å². The van der Waals surface area contributed by atoms with Gasteiger partial charge in [-0.3, -0.25) is 8.37 Å². The van der Waals surface area contributed by atoms with Crippen molar-refractivity contribution in [2.24, 2.45) is 5.92 Å². The van der Waals surface area contributed by atoms with Gasteiger partial charge in [-0.1, -0.05) is 6.92 Å². The van der Waals surface area contributed by atoms with Crippen LogP contribution in [0, 0.1) is 5.92 Å². The Morgan fingerprint density at radius 2 is 1.81 bits per heavy atom. The molecular weight excluding hydrogens is 259 g/mol. The fourth-order valence-electron chi connectivity index (χ4n) is 2.03. The molecule has 2 aliphatic rings. The maximum absolute atomic E-state index is 13.5. The van der Waals surface area contributed by atoms with Gasteiger partial charge in [0.1, 0.15) is 24.1 Å². The number of halogens is 1. The summed E-state index contributed by atoms with van der Waals surface area (Å²) in [5.41, 5.74) is 0. The summed E-state index contributed by atoms with van der Waals surface area (Å²) in [6, 6.07) is 0. The minimum atomic E-state index is -3.81. The summed E-state index contributed by atoms with van der Waals surface area (Å²) in [4.78, 5) is 0. The molecule has 94 valence electrons. The first-order valence-corrected chi connectivity index (χ1v) is 8.18. The van der Waals surface area contributed by atoms with Gasteiger partial charge in [0.05, 0.1) is 9.80 Å². The molecule has 2 aliphatic heterocycles. The Labute approximate surface area is 94.3 Å². The third-order valence-electron chi connectivity index (χ3n) is 2.67. The number of hydrogen-bond donors (Lipinski definition) is 0. The molecule has 0 saturated carbocycles. The Bertz CT molecular complexity index is 437. The van der Waals surface area contributed by atoms with Crippen LogP contribution in [0.25, 0.3) is 0 Å². The van der Waals surface area contributed by atoms with Crippen LogP contribution in [-0.2, 0) is 28.3 Å². The van der Waals surface area contributed by atoms with Crippen LogP contribution < -0.4 is 0 Å². The zero-order chi connectivity index (χ0) is 12.1. The number of hydrogen-bond acceptors (Lipinski definition) is 5. The summed E-state index contributed by atoms with van der Waals surface area (Å²) in [7, 11) is -6.50. The van der Waals surface area contributed by atoms with Gasteiger partial charge in [0.25, 0.3) is 10.1 Å². The zero-order valence-electron chi connectivity index (χ0n) is 8.67. The summed E-state index contributed by atoms with van der Waals surface area (Å²) in [5.74, 6) is 2.68. The Hall–Kier alpha value is -0.180. The molecule has 2 saturated heterocycles. The van der Waals surface area contributed by atoms with Crippen molar-refractivity contribution in [2.45, 2.75) is 25.3 Å². The number of alkyl halides is 1. The van der Waals surface area contributed by atoms with Crippen LogP contribution in [0.4, 0.5) is 4.39 Å². The van der Waals surface area contributed by atoms with Crippen molar-refractivity contribution in [2.75, 3.05) is 11.5 Å². The van der Waals surface area contributed by atoms with E-state index in [0.29, 0.717) is 0 Å². The Balaban J connectivity index is 2.21. The summed E-state index contributed by atoms with van der Waals surface area (Å²) in [6.45, 7) is 1.71. The first-order chi connectivity index (χ1) is 7.20. The highest BCUT2D eigenvalue weighted by Crippen LogP contribution is 2.33. The lowest BCUT2D eigenvalue weighted by molar-refractivity contribution is 0.0267. The highest BCUT2D eigenvalue weighted by atomic mass is 32.2. The Morgan fingerprint density at radius 1 is 1.19 bits per heavy atom. The van der Waals surface area contributed by atoms with Gasteiger partial charge >= 0.3 is 0 Å². The van der Waals surface area contributed by atoms with Crippen LogP contribution in [-0.4, -0.2) is 48.4 Å². The standard InChI is InChI=1S/C8H13FO5S2/c1-5-3-15(2,10)13-7(5)8-6(9)4-16(11,12)14-8/h5-8H,2-4H2,1H3. The fraction of sp³-hybridized carbons (Fsp3) is 0.875. The van der Waals surface area contributed by atoms with Crippen molar-refractivity contribution in [3.63, 3.8) is 0 Å². The fourth-order valence-corrected chi connectivity index (χ4v) is 5.03. The van der Waals surface area contributed by atoms with Crippen molar-refractivity contribution in [3.05, 3.63) is 0 Å². The Morgan fingerprint density at radius 3 is 2.19 bits per heavy atom. The van der Waals surface area contributed by atoms with E-state index in [1.807, 2.05) is 0 Å². The van der Waals surface area contributed by atoms with Crippen LogP contribution >= 0.6 is 0 Å². The molecule has 0 N–H and O–H groups in total. The first kappa shape index (κ1) is 12.3. The molecule has 2 heterocycles. The molecule has 5 unspecified atom stereocenters. The first-order valence-electron chi connectivity index (χ1n) is 4.78. The van der Waals surface area contributed by atoms with Gasteiger partial charge in [-0.15, -0.1) is 0 Å². The third-order valence-corrected chi connectivity index (χ3v) is 5.51. The van der Waals surface area contributed by atoms with Gasteiger partial charge in [0, 0.05) is 5.75 Å². The van der Waals surface area contributed by atoms with Gasteiger partial charge in [-0.2, -0.15) is 8.42 Å². The maximum atomic E-state index is 13.5. The predicted molar refractivity (Wildman–Crippen MR) is 57.7 cm³/mol. The average Bonchev–Trinajstić information content (AvgIpc) is 2.48. The van der Waals surface area contributed by atoms with E-state index < -0.39 is 44.1 Å². The smallest absolute Gasteiger partial charge is 0.270 e. The van der Waals surface area contributed by atoms with Gasteiger partial charge < -0.3 is 0 Å². The normalized spacial score (nSPS) is 51.9. The van der Waals surface area contributed by atoms with Gasteiger partial charge in [0.2, 0.25) is 0 Å². The van der Waals surface area contributed by atoms with Crippen LogP contribution in [0.2, 0.25) is 0 Å². The molecule has 0 bridgehead atoms. The molecule has 0 aromatic carbocycles. The van der Waals surface area contributed by atoms with E-state index in [4.69, 9.17) is 4.18 Å². The highest BCUT2D eigenvalue weighted by Gasteiger charge is 2.49. The van der Waals surface area contributed by atoms with Gasteiger partial charge in [-0.25, -0.2) is 8.60 Å². The molecule has 0 aliphatic carbocycles. The molecule has 0 radical (unpaired) electrons. The summed E-state index contributed by atoms with van der Waals surface area (Å²) in [6.07, 6.45) is -3.63. The molecule has 2 rings (SSSR count). The quantitative estimate of drug-likeness (QED) is 0.485. The summed E-state index contributed by atoms with van der Waals surface area (Å²) in [5, 5.41) is 0. The molecule has 5 atom stereocenters. The Kier molecular flexibility index (Phi) is 2.81. The van der Waals surface area contributed by atoms with Crippen LogP contribution in [0.1, 0.15) is 6.92 Å². The van der Waals surface area contributed by atoms with E-state index in [1.165, 1.54) is 0 Å². The van der Waals surface area contributed by atoms with Crippen LogP contribution in [0.3, 0.4) is 0 Å². The van der Waals surface area contributed by atoms with Crippen molar-refractivity contribution >= 4 is 25.8 Å². The SMILES string of the molecule is C=S1(=O)CC(C)C(C2OS(=O)(=O)CC2F)O1. The van der Waals surface area contributed by atoms with E-state index in [2.05, 4.69) is 10.1 Å².